The summed E-state index contributed by atoms with van der Waals surface area (Å²) in [5, 5.41) is 4.84. The first-order valence-corrected chi connectivity index (χ1v) is 8.10. The van der Waals surface area contributed by atoms with E-state index < -0.39 is 0 Å². The Balaban J connectivity index is 2.24. The minimum absolute atomic E-state index is 0.202. The summed E-state index contributed by atoms with van der Waals surface area (Å²) in [6.07, 6.45) is 1.20. The van der Waals surface area contributed by atoms with Gasteiger partial charge < -0.3 is 5.32 Å². The van der Waals surface area contributed by atoms with Gasteiger partial charge in [0.15, 0.2) is 0 Å². The number of nitrogens with one attached hydrogen (secondary N) is 1. The molecular formula is C15H27N3S. The molecule has 2 atom stereocenters. The second kappa shape index (κ2) is 5.51. The normalized spacial score (nSPS) is 25.5. The topological polar surface area (TPSA) is 28.2 Å². The molecular weight excluding hydrogens is 254 g/mol. The van der Waals surface area contributed by atoms with Gasteiger partial charge in [-0.2, -0.15) is 0 Å². The van der Waals surface area contributed by atoms with Crippen molar-refractivity contribution in [2.45, 2.75) is 65.6 Å². The summed E-state index contributed by atoms with van der Waals surface area (Å²) >= 11 is 1.86. The zero-order chi connectivity index (χ0) is 14.2. The van der Waals surface area contributed by atoms with E-state index in [0.29, 0.717) is 12.1 Å². The second-order valence-corrected chi connectivity index (χ2v) is 7.59. The lowest BCUT2D eigenvalue weighted by atomic mass is 9.95. The fourth-order valence-corrected chi connectivity index (χ4v) is 4.07. The van der Waals surface area contributed by atoms with Crippen molar-refractivity contribution in [2.75, 3.05) is 13.1 Å². The zero-order valence-corrected chi connectivity index (χ0v) is 13.9. The van der Waals surface area contributed by atoms with Crippen LogP contribution in [0.1, 0.15) is 55.7 Å². The lowest BCUT2D eigenvalue weighted by molar-refractivity contribution is 0.0590. The van der Waals surface area contributed by atoms with Gasteiger partial charge >= 0.3 is 0 Å². The Hall–Kier alpha value is -0.450. The quantitative estimate of drug-likeness (QED) is 0.921. The Morgan fingerprint density at radius 1 is 1.47 bits per heavy atom. The average Bonchev–Trinajstić information content (AvgIpc) is 2.66. The molecule has 3 nitrogen and oxygen atoms in total. The van der Waals surface area contributed by atoms with E-state index in [-0.39, 0.29) is 5.54 Å². The number of aryl methyl sites for hydroxylation is 2. The molecule has 2 heterocycles. The first-order chi connectivity index (χ1) is 8.84. The van der Waals surface area contributed by atoms with Crippen LogP contribution in [0.15, 0.2) is 0 Å². The van der Waals surface area contributed by atoms with Crippen LogP contribution < -0.4 is 5.32 Å². The van der Waals surface area contributed by atoms with E-state index in [1.165, 1.54) is 22.0 Å². The fraction of sp³-hybridized carbons (Fsp3) is 0.800. The van der Waals surface area contributed by atoms with Crippen LogP contribution in [0.5, 0.6) is 0 Å². The molecule has 19 heavy (non-hydrogen) atoms. The van der Waals surface area contributed by atoms with E-state index in [4.69, 9.17) is 0 Å². The van der Waals surface area contributed by atoms with Gasteiger partial charge in [0.2, 0.25) is 0 Å². The summed E-state index contributed by atoms with van der Waals surface area (Å²) in [6, 6.07) is 1.10. The monoisotopic (exact) mass is 281 g/mol. The number of hydrogen-bond acceptors (Lipinski definition) is 4. The molecule has 4 heteroatoms. The van der Waals surface area contributed by atoms with Crippen LogP contribution in [0.4, 0.5) is 0 Å². The SMILES string of the molecule is CCC1CNC(C)(C)CN1C(C)c1sc(C)nc1C. The molecule has 1 saturated heterocycles. The van der Waals surface area contributed by atoms with Crippen LogP contribution in [-0.2, 0) is 0 Å². The van der Waals surface area contributed by atoms with Crippen LogP contribution in [-0.4, -0.2) is 34.6 Å². The Labute approximate surface area is 121 Å². The second-order valence-electron chi connectivity index (χ2n) is 6.36. The Kier molecular flexibility index (Phi) is 4.33. The molecule has 0 spiro atoms. The van der Waals surface area contributed by atoms with Crippen molar-refractivity contribution in [3.05, 3.63) is 15.6 Å². The molecule has 108 valence electrons. The Morgan fingerprint density at radius 3 is 2.68 bits per heavy atom. The molecule has 0 radical (unpaired) electrons. The highest BCUT2D eigenvalue weighted by Gasteiger charge is 2.35. The van der Waals surface area contributed by atoms with Crippen LogP contribution in [0, 0.1) is 13.8 Å². The van der Waals surface area contributed by atoms with Crippen LogP contribution >= 0.6 is 11.3 Å². The van der Waals surface area contributed by atoms with Crippen LogP contribution in [0.3, 0.4) is 0 Å². The number of aromatic nitrogens is 1. The highest BCUT2D eigenvalue weighted by Crippen LogP contribution is 2.33. The molecule has 2 unspecified atom stereocenters. The average molecular weight is 281 g/mol. The van der Waals surface area contributed by atoms with E-state index in [0.717, 1.165) is 13.1 Å². The van der Waals surface area contributed by atoms with Crippen molar-refractivity contribution >= 4 is 11.3 Å². The van der Waals surface area contributed by atoms with E-state index in [1.54, 1.807) is 0 Å². The van der Waals surface area contributed by atoms with Crippen molar-refractivity contribution in [1.29, 1.82) is 0 Å². The molecule has 1 aromatic heterocycles. The van der Waals surface area contributed by atoms with Crippen LogP contribution in [0.25, 0.3) is 0 Å². The molecule has 1 N–H and O–H groups in total. The van der Waals surface area contributed by atoms with Gasteiger partial charge in [-0.25, -0.2) is 4.98 Å². The van der Waals surface area contributed by atoms with Gasteiger partial charge in [0.05, 0.1) is 10.7 Å². The van der Waals surface area contributed by atoms with Crippen molar-refractivity contribution in [1.82, 2.24) is 15.2 Å². The molecule has 1 aliphatic rings. The zero-order valence-electron chi connectivity index (χ0n) is 13.1. The Morgan fingerprint density at radius 2 is 2.16 bits per heavy atom. The van der Waals surface area contributed by atoms with Gasteiger partial charge in [0.1, 0.15) is 0 Å². The number of rotatable bonds is 3. The highest BCUT2D eigenvalue weighted by atomic mass is 32.1. The maximum absolute atomic E-state index is 4.59. The summed E-state index contributed by atoms with van der Waals surface area (Å²) < 4.78 is 0. The molecule has 2 rings (SSSR count). The molecule has 0 aromatic carbocycles. The van der Waals surface area contributed by atoms with Gasteiger partial charge in [0.25, 0.3) is 0 Å². The van der Waals surface area contributed by atoms with Gasteiger partial charge in [-0.15, -0.1) is 11.3 Å². The number of nitrogens with zero attached hydrogens (tertiary/aromatic N) is 2. The van der Waals surface area contributed by atoms with Crippen molar-refractivity contribution in [2.24, 2.45) is 0 Å². The van der Waals surface area contributed by atoms with Gasteiger partial charge in [0, 0.05) is 35.6 Å². The lowest BCUT2D eigenvalue weighted by Crippen LogP contribution is -2.61. The number of hydrogen-bond donors (Lipinski definition) is 1. The minimum Gasteiger partial charge on any atom is -0.309 e. The van der Waals surface area contributed by atoms with Crippen LogP contribution in [0.2, 0.25) is 0 Å². The molecule has 0 bridgehead atoms. The minimum atomic E-state index is 0.202. The smallest absolute Gasteiger partial charge is 0.0900 e. The van der Waals surface area contributed by atoms with E-state index in [1.807, 2.05) is 11.3 Å². The summed E-state index contributed by atoms with van der Waals surface area (Å²) in [6.45, 7) is 15.6. The molecule has 1 aliphatic heterocycles. The van der Waals surface area contributed by atoms with Crippen molar-refractivity contribution < 1.29 is 0 Å². The number of thiazole rings is 1. The molecule has 1 aromatic rings. The van der Waals surface area contributed by atoms with Gasteiger partial charge in [-0.05, 0) is 41.0 Å². The van der Waals surface area contributed by atoms with Gasteiger partial charge in [-0.1, -0.05) is 6.92 Å². The van der Waals surface area contributed by atoms with Crippen molar-refractivity contribution in [3.8, 4) is 0 Å². The first-order valence-electron chi connectivity index (χ1n) is 7.28. The molecule has 0 saturated carbocycles. The highest BCUT2D eigenvalue weighted by molar-refractivity contribution is 7.11. The predicted octanol–water partition coefficient (Wildman–Crippen LogP) is 3.28. The summed E-state index contributed by atoms with van der Waals surface area (Å²) in [4.78, 5) is 8.69. The van der Waals surface area contributed by atoms with Gasteiger partial charge in [-0.3, -0.25) is 4.90 Å². The van der Waals surface area contributed by atoms with E-state index >= 15 is 0 Å². The third-order valence-corrected chi connectivity index (χ3v) is 5.39. The standard InChI is InChI=1S/C15H27N3S/c1-7-13-8-16-15(5,6)9-18(13)11(3)14-10(2)17-12(4)19-14/h11,13,16H,7-9H2,1-6H3. The summed E-state index contributed by atoms with van der Waals surface area (Å²) in [5.41, 5.74) is 1.41. The fourth-order valence-electron chi connectivity index (χ4n) is 3.07. The van der Waals surface area contributed by atoms with Crippen molar-refractivity contribution in [3.63, 3.8) is 0 Å². The third-order valence-electron chi connectivity index (χ3n) is 4.15. The summed E-state index contributed by atoms with van der Waals surface area (Å²) in [5.74, 6) is 0. The lowest BCUT2D eigenvalue weighted by Gasteiger charge is -2.47. The summed E-state index contributed by atoms with van der Waals surface area (Å²) in [7, 11) is 0. The molecule has 0 aliphatic carbocycles. The predicted molar refractivity (Wildman–Crippen MR) is 82.9 cm³/mol. The maximum atomic E-state index is 4.59. The first kappa shape index (κ1) is 14.9. The van der Waals surface area contributed by atoms with E-state index in [9.17, 15) is 0 Å². The molecule has 1 fully saturated rings. The maximum Gasteiger partial charge on any atom is 0.0900 e. The number of piperazine rings is 1. The largest absolute Gasteiger partial charge is 0.309 e. The van der Waals surface area contributed by atoms with E-state index in [2.05, 4.69) is 56.7 Å². The Bertz CT molecular complexity index is 439. The third kappa shape index (κ3) is 3.18. The molecule has 0 amide bonds.